The highest BCUT2D eigenvalue weighted by Crippen LogP contribution is 2.09. The summed E-state index contributed by atoms with van der Waals surface area (Å²) in [5.41, 5.74) is 1.41. The van der Waals surface area contributed by atoms with Crippen molar-refractivity contribution in [3.05, 3.63) is 35.4 Å². The number of amides is 3. The lowest BCUT2D eigenvalue weighted by Gasteiger charge is -2.34. The first-order valence-electron chi connectivity index (χ1n) is 8.52. The van der Waals surface area contributed by atoms with E-state index in [1.165, 1.54) is 6.92 Å². The van der Waals surface area contributed by atoms with Gasteiger partial charge < -0.3 is 19.9 Å². The third-order valence-corrected chi connectivity index (χ3v) is 4.68. The number of nitrogens with zero attached hydrogens (tertiary/aromatic N) is 2. The molecule has 0 unspecified atom stereocenters. The van der Waals surface area contributed by atoms with Gasteiger partial charge in [-0.25, -0.2) is 4.79 Å². The largest absolute Gasteiger partial charge is 0.445 e. The minimum absolute atomic E-state index is 0.0160. The molecule has 146 valence electrons. The Balaban J connectivity index is 1.73. The van der Waals surface area contributed by atoms with Crippen molar-refractivity contribution in [2.45, 2.75) is 13.5 Å². The van der Waals surface area contributed by atoms with E-state index < -0.39 is 6.09 Å². The summed E-state index contributed by atoms with van der Waals surface area (Å²) in [6.07, 6.45) is -0.440. The number of nitrogens with one attached hydrogen (secondary N) is 1. The minimum Gasteiger partial charge on any atom is -0.445 e. The van der Waals surface area contributed by atoms with Crippen LogP contribution in [0.2, 0.25) is 0 Å². The molecule has 1 aliphatic rings. The van der Waals surface area contributed by atoms with Crippen LogP contribution in [0.4, 0.5) is 4.79 Å². The molecule has 8 nitrogen and oxygen atoms in total. The van der Waals surface area contributed by atoms with Crippen LogP contribution in [0, 0.1) is 0 Å². The van der Waals surface area contributed by atoms with E-state index in [1.54, 1.807) is 34.1 Å². The molecule has 2 rings (SSSR count). The third kappa shape index (κ3) is 6.35. The molecule has 1 N–H and O–H groups in total. The van der Waals surface area contributed by atoms with Gasteiger partial charge in [0.05, 0.1) is 11.9 Å². The first-order chi connectivity index (χ1) is 12.9. The van der Waals surface area contributed by atoms with Crippen molar-refractivity contribution in [3.8, 4) is 0 Å². The highest BCUT2D eigenvalue weighted by Gasteiger charge is 2.25. The van der Waals surface area contributed by atoms with Crippen LogP contribution < -0.4 is 5.32 Å². The van der Waals surface area contributed by atoms with Crippen LogP contribution in [0.3, 0.4) is 0 Å². The summed E-state index contributed by atoms with van der Waals surface area (Å²) in [6.45, 7) is 3.10. The maximum absolute atomic E-state index is 12.2. The summed E-state index contributed by atoms with van der Waals surface area (Å²) in [4.78, 5) is 49.8. The van der Waals surface area contributed by atoms with Gasteiger partial charge in [0.2, 0.25) is 11.8 Å². The monoisotopic (exact) mass is 439 g/mol. The van der Waals surface area contributed by atoms with Crippen LogP contribution in [-0.2, 0) is 20.9 Å². The minimum atomic E-state index is -0.440. The maximum atomic E-state index is 12.2. The number of ether oxygens (including phenoxy) is 1. The average molecular weight is 440 g/mol. The lowest BCUT2D eigenvalue weighted by molar-refractivity contribution is -0.133. The molecule has 0 saturated carbocycles. The molecule has 0 radical (unpaired) electrons. The van der Waals surface area contributed by atoms with Crippen molar-refractivity contribution in [1.29, 1.82) is 0 Å². The molecule has 3 amide bonds. The van der Waals surface area contributed by atoms with Gasteiger partial charge in [-0.1, -0.05) is 40.2 Å². The fourth-order valence-electron chi connectivity index (χ4n) is 2.54. The van der Waals surface area contributed by atoms with E-state index in [4.69, 9.17) is 4.74 Å². The predicted molar refractivity (Wildman–Crippen MR) is 102 cm³/mol. The molecule has 0 bridgehead atoms. The fourth-order valence-corrected chi connectivity index (χ4v) is 2.74. The van der Waals surface area contributed by atoms with Gasteiger partial charge in [-0.3, -0.25) is 14.4 Å². The highest BCUT2D eigenvalue weighted by atomic mass is 79.9. The van der Waals surface area contributed by atoms with Gasteiger partial charge in [0.25, 0.3) is 0 Å². The Bertz CT molecular complexity index is 699. The number of Topliss-reactive ketones (excluding diaryl/α,β-unsaturated/α-hetero) is 1. The Hall–Kier alpha value is -2.42. The quantitative estimate of drug-likeness (QED) is 0.530. The molecular formula is C18H22BrN3O5. The van der Waals surface area contributed by atoms with E-state index >= 15 is 0 Å². The highest BCUT2D eigenvalue weighted by molar-refractivity contribution is 9.09. The maximum Gasteiger partial charge on any atom is 0.410 e. The van der Waals surface area contributed by atoms with Gasteiger partial charge in [-0.2, -0.15) is 0 Å². The van der Waals surface area contributed by atoms with Gasteiger partial charge >= 0.3 is 6.09 Å². The van der Waals surface area contributed by atoms with Crippen molar-refractivity contribution < 1.29 is 23.9 Å². The molecule has 1 aliphatic heterocycles. The Morgan fingerprint density at radius 1 is 1.04 bits per heavy atom. The zero-order chi connectivity index (χ0) is 19.8. The predicted octanol–water partition coefficient (Wildman–Crippen LogP) is 1.18. The van der Waals surface area contributed by atoms with Gasteiger partial charge in [-0.05, 0) is 12.5 Å². The first-order valence-corrected chi connectivity index (χ1v) is 9.65. The SMILES string of the molecule is CC(=O)c1ccc(COC(=O)N2CCN(C(=O)CNC(=O)CBr)CC2)cc1. The smallest absolute Gasteiger partial charge is 0.410 e. The van der Waals surface area contributed by atoms with E-state index in [1.807, 2.05) is 0 Å². The van der Waals surface area contributed by atoms with E-state index in [2.05, 4.69) is 21.2 Å². The number of rotatable bonds is 6. The number of ketones is 1. The number of hydrogen-bond donors (Lipinski definition) is 1. The third-order valence-electron chi connectivity index (χ3n) is 4.17. The molecule has 0 atom stereocenters. The Labute approximate surface area is 166 Å². The van der Waals surface area contributed by atoms with Gasteiger partial charge in [0, 0.05) is 31.7 Å². The molecule has 1 aromatic carbocycles. The molecular weight excluding hydrogens is 418 g/mol. The molecule has 1 heterocycles. The topological polar surface area (TPSA) is 96.0 Å². The number of piperazine rings is 1. The van der Waals surface area contributed by atoms with Crippen molar-refractivity contribution >= 4 is 39.6 Å². The number of hydrogen-bond acceptors (Lipinski definition) is 5. The van der Waals surface area contributed by atoms with Gasteiger partial charge in [-0.15, -0.1) is 0 Å². The van der Waals surface area contributed by atoms with E-state index in [9.17, 15) is 19.2 Å². The molecule has 1 aromatic rings. The summed E-state index contributed by atoms with van der Waals surface area (Å²) in [6, 6.07) is 6.90. The van der Waals surface area contributed by atoms with Crippen LogP contribution >= 0.6 is 15.9 Å². The Kier molecular flexibility index (Phi) is 7.78. The van der Waals surface area contributed by atoms with Crippen LogP contribution in [0.5, 0.6) is 0 Å². The van der Waals surface area contributed by atoms with Crippen molar-refractivity contribution in [2.24, 2.45) is 0 Å². The van der Waals surface area contributed by atoms with Crippen LogP contribution in [0.15, 0.2) is 24.3 Å². The van der Waals surface area contributed by atoms with Gasteiger partial charge in [0.15, 0.2) is 5.78 Å². The average Bonchev–Trinajstić information content (AvgIpc) is 2.70. The molecule has 0 aromatic heterocycles. The van der Waals surface area contributed by atoms with Crippen LogP contribution in [0.25, 0.3) is 0 Å². The van der Waals surface area contributed by atoms with E-state index in [-0.39, 0.29) is 36.1 Å². The molecule has 9 heteroatoms. The van der Waals surface area contributed by atoms with Crippen molar-refractivity contribution in [3.63, 3.8) is 0 Å². The van der Waals surface area contributed by atoms with Gasteiger partial charge in [0.1, 0.15) is 6.61 Å². The molecule has 27 heavy (non-hydrogen) atoms. The summed E-state index contributed by atoms with van der Waals surface area (Å²) < 4.78 is 5.29. The number of carbonyl (C=O) groups is 4. The first kappa shape index (κ1) is 20.9. The molecule has 1 fully saturated rings. The zero-order valence-electron chi connectivity index (χ0n) is 15.1. The van der Waals surface area contributed by atoms with Crippen molar-refractivity contribution in [1.82, 2.24) is 15.1 Å². The fraction of sp³-hybridized carbons (Fsp3) is 0.444. The zero-order valence-corrected chi connectivity index (χ0v) is 16.7. The molecule has 0 aliphatic carbocycles. The summed E-state index contributed by atoms with van der Waals surface area (Å²) in [7, 11) is 0. The number of alkyl halides is 1. The summed E-state index contributed by atoms with van der Waals surface area (Å²) in [5.74, 6) is -0.442. The second-order valence-corrected chi connectivity index (χ2v) is 6.65. The normalized spacial score (nSPS) is 13.9. The number of halogens is 1. The Morgan fingerprint density at radius 2 is 1.63 bits per heavy atom. The Morgan fingerprint density at radius 3 is 2.19 bits per heavy atom. The van der Waals surface area contributed by atoms with Crippen LogP contribution in [0.1, 0.15) is 22.8 Å². The molecule has 1 saturated heterocycles. The lowest BCUT2D eigenvalue weighted by Crippen LogP contribution is -2.52. The number of benzene rings is 1. The second kappa shape index (κ2) is 10.1. The van der Waals surface area contributed by atoms with E-state index in [0.717, 1.165) is 5.56 Å². The number of carbonyl (C=O) groups excluding carboxylic acids is 4. The van der Waals surface area contributed by atoms with Crippen LogP contribution in [-0.4, -0.2) is 71.5 Å². The second-order valence-electron chi connectivity index (χ2n) is 6.09. The standard InChI is InChI=1S/C18H22BrN3O5/c1-13(23)15-4-2-14(3-5-15)12-27-18(26)22-8-6-21(7-9-22)17(25)11-20-16(24)10-19/h2-5H,6-12H2,1H3,(H,20,24). The lowest BCUT2D eigenvalue weighted by atomic mass is 10.1. The molecule has 0 spiro atoms. The summed E-state index contributed by atoms with van der Waals surface area (Å²) in [5, 5.41) is 2.66. The summed E-state index contributed by atoms with van der Waals surface area (Å²) >= 11 is 3.02. The van der Waals surface area contributed by atoms with Crippen molar-refractivity contribution in [2.75, 3.05) is 38.1 Å². The van der Waals surface area contributed by atoms with E-state index in [0.29, 0.717) is 31.7 Å².